The molecule has 5 nitrogen and oxygen atoms in total. The van der Waals surface area contributed by atoms with E-state index in [2.05, 4.69) is 10.3 Å². The van der Waals surface area contributed by atoms with E-state index in [0.29, 0.717) is 25.2 Å². The third kappa shape index (κ3) is 4.34. The molecule has 1 saturated heterocycles. The molecule has 0 bridgehead atoms. The highest BCUT2D eigenvalue weighted by molar-refractivity contribution is 5.36. The summed E-state index contributed by atoms with van der Waals surface area (Å²) in [6.07, 6.45) is 2.63. The van der Waals surface area contributed by atoms with E-state index < -0.39 is 12.1 Å². The fraction of sp³-hybridized carbons (Fsp3) is 0.765. The van der Waals surface area contributed by atoms with Crippen LogP contribution in [0.2, 0.25) is 0 Å². The Morgan fingerprint density at radius 2 is 1.88 bits per heavy atom. The number of aromatic nitrogens is 2. The van der Waals surface area contributed by atoms with Crippen LogP contribution in [0.4, 0.5) is 19.0 Å². The van der Waals surface area contributed by atoms with E-state index in [1.54, 1.807) is 19.4 Å². The van der Waals surface area contributed by atoms with Crippen LogP contribution in [0.25, 0.3) is 0 Å². The zero-order valence-corrected chi connectivity index (χ0v) is 14.4. The molecule has 0 spiro atoms. The Morgan fingerprint density at radius 3 is 2.56 bits per heavy atom. The van der Waals surface area contributed by atoms with Crippen LogP contribution in [-0.2, 0) is 7.05 Å². The molecule has 0 unspecified atom stereocenters. The van der Waals surface area contributed by atoms with E-state index in [1.165, 1.54) is 4.57 Å². The lowest BCUT2D eigenvalue weighted by atomic mass is 9.85. The molecule has 1 aliphatic heterocycles. The third-order valence-corrected chi connectivity index (χ3v) is 5.38. The maximum atomic E-state index is 12.8. The predicted molar refractivity (Wildman–Crippen MR) is 89.6 cm³/mol. The van der Waals surface area contributed by atoms with Crippen LogP contribution in [0, 0.1) is 5.92 Å². The standard InChI is InChI=1S/C17H25F3N4O/c1-23-10-8-21-15(16(23)25)24-9-2-3-14(11-24)22-13-6-4-12(5-7-13)17(18,19)20/h8,10,12-14,22H,2-7,9,11H2,1H3/t12?,13?,14-/m0/s1. The molecule has 0 amide bonds. The van der Waals surface area contributed by atoms with E-state index in [1.807, 2.05) is 4.90 Å². The van der Waals surface area contributed by atoms with Crippen molar-refractivity contribution in [3.8, 4) is 0 Å². The van der Waals surface area contributed by atoms with E-state index in [4.69, 9.17) is 0 Å². The van der Waals surface area contributed by atoms with Gasteiger partial charge in [-0.1, -0.05) is 0 Å². The summed E-state index contributed by atoms with van der Waals surface area (Å²) in [6, 6.07) is 0.322. The molecule has 2 aliphatic rings. The molecule has 8 heteroatoms. The second kappa shape index (κ2) is 7.35. The first kappa shape index (κ1) is 18.2. The molecule has 0 aromatic carbocycles. The number of anilines is 1. The second-order valence-electron chi connectivity index (χ2n) is 7.21. The zero-order valence-electron chi connectivity index (χ0n) is 14.4. The zero-order chi connectivity index (χ0) is 18.0. The Bertz CT molecular complexity index is 638. The van der Waals surface area contributed by atoms with Gasteiger partial charge in [0.15, 0.2) is 5.82 Å². The molecule has 1 aliphatic carbocycles. The van der Waals surface area contributed by atoms with Crippen LogP contribution >= 0.6 is 0 Å². The van der Waals surface area contributed by atoms with Crippen LogP contribution in [0.15, 0.2) is 17.2 Å². The number of nitrogens with one attached hydrogen (secondary N) is 1. The summed E-state index contributed by atoms with van der Waals surface area (Å²) in [6.45, 7) is 1.46. The fourth-order valence-electron chi connectivity index (χ4n) is 3.93. The van der Waals surface area contributed by atoms with Crippen molar-refractivity contribution in [2.24, 2.45) is 13.0 Å². The van der Waals surface area contributed by atoms with E-state index >= 15 is 0 Å². The van der Waals surface area contributed by atoms with Crippen molar-refractivity contribution >= 4 is 5.82 Å². The molecule has 3 rings (SSSR count). The smallest absolute Gasteiger partial charge is 0.350 e. The summed E-state index contributed by atoms with van der Waals surface area (Å²) in [5.41, 5.74) is -0.117. The Hall–Kier alpha value is -1.57. The van der Waals surface area contributed by atoms with E-state index in [9.17, 15) is 18.0 Å². The summed E-state index contributed by atoms with van der Waals surface area (Å²) in [5.74, 6) is -0.692. The molecule has 140 valence electrons. The molecule has 1 aromatic rings. The summed E-state index contributed by atoms with van der Waals surface area (Å²) >= 11 is 0. The number of hydrogen-bond acceptors (Lipinski definition) is 4. The first-order chi connectivity index (χ1) is 11.8. The van der Waals surface area contributed by atoms with Gasteiger partial charge in [0.1, 0.15) is 0 Å². The van der Waals surface area contributed by atoms with Gasteiger partial charge in [-0.3, -0.25) is 4.79 Å². The minimum atomic E-state index is -4.06. The average Bonchev–Trinajstić information content (AvgIpc) is 2.57. The number of hydrogen-bond donors (Lipinski definition) is 1. The molecule has 1 saturated carbocycles. The molecule has 1 atom stereocenters. The molecule has 1 N–H and O–H groups in total. The minimum Gasteiger partial charge on any atom is -0.350 e. The number of alkyl halides is 3. The van der Waals surface area contributed by atoms with Crippen LogP contribution in [-0.4, -0.2) is 40.9 Å². The van der Waals surface area contributed by atoms with E-state index in [0.717, 1.165) is 19.4 Å². The molecule has 0 radical (unpaired) electrons. The van der Waals surface area contributed by atoms with Crippen molar-refractivity contribution < 1.29 is 13.2 Å². The highest BCUT2D eigenvalue weighted by Gasteiger charge is 2.41. The first-order valence-electron chi connectivity index (χ1n) is 8.94. The van der Waals surface area contributed by atoms with Gasteiger partial charge in [-0.2, -0.15) is 13.2 Å². The minimum absolute atomic E-state index is 0.117. The lowest BCUT2D eigenvalue weighted by Gasteiger charge is -2.38. The number of rotatable bonds is 3. The Morgan fingerprint density at radius 1 is 1.16 bits per heavy atom. The number of halogens is 3. The molecule has 25 heavy (non-hydrogen) atoms. The molecular formula is C17H25F3N4O. The van der Waals surface area contributed by atoms with Crippen molar-refractivity contribution in [3.63, 3.8) is 0 Å². The largest absolute Gasteiger partial charge is 0.391 e. The molecule has 1 aromatic heterocycles. The monoisotopic (exact) mass is 358 g/mol. The van der Waals surface area contributed by atoms with Gasteiger partial charge in [-0.05, 0) is 38.5 Å². The quantitative estimate of drug-likeness (QED) is 0.902. The maximum absolute atomic E-state index is 12.8. The van der Waals surface area contributed by atoms with Gasteiger partial charge in [-0.25, -0.2) is 4.98 Å². The van der Waals surface area contributed by atoms with Crippen molar-refractivity contribution in [1.29, 1.82) is 0 Å². The van der Waals surface area contributed by atoms with Gasteiger partial charge in [0.25, 0.3) is 5.56 Å². The lowest BCUT2D eigenvalue weighted by Crippen LogP contribution is -2.51. The van der Waals surface area contributed by atoms with Gasteiger partial charge >= 0.3 is 6.18 Å². The lowest BCUT2D eigenvalue weighted by molar-refractivity contribution is -0.182. The van der Waals surface area contributed by atoms with Gasteiger partial charge < -0.3 is 14.8 Å². The number of aryl methyl sites for hydroxylation is 1. The Balaban J connectivity index is 1.56. The van der Waals surface area contributed by atoms with Crippen molar-refractivity contribution in [3.05, 3.63) is 22.7 Å². The van der Waals surface area contributed by atoms with Crippen molar-refractivity contribution in [2.45, 2.75) is 56.8 Å². The van der Waals surface area contributed by atoms with Crippen LogP contribution in [0.3, 0.4) is 0 Å². The predicted octanol–water partition coefficient (Wildman–Crippen LogP) is 2.46. The van der Waals surface area contributed by atoms with Crippen molar-refractivity contribution in [2.75, 3.05) is 18.0 Å². The molecular weight excluding hydrogens is 333 g/mol. The first-order valence-corrected chi connectivity index (χ1v) is 8.94. The summed E-state index contributed by atoms with van der Waals surface area (Å²) in [7, 11) is 1.70. The van der Waals surface area contributed by atoms with Gasteiger partial charge in [-0.15, -0.1) is 0 Å². The fourth-order valence-corrected chi connectivity index (χ4v) is 3.93. The van der Waals surface area contributed by atoms with Gasteiger partial charge in [0.05, 0.1) is 5.92 Å². The number of piperidine rings is 1. The Labute approximate surface area is 145 Å². The van der Waals surface area contributed by atoms with Crippen molar-refractivity contribution in [1.82, 2.24) is 14.9 Å². The molecule has 2 fully saturated rings. The SMILES string of the molecule is Cn1ccnc(N2CCC[C@H](NC3CCC(C(F)(F)F)CC3)C2)c1=O. The van der Waals surface area contributed by atoms with Gasteiger partial charge in [0.2, 0.25) is 0 Å². The summed E-state index contributed by atoms with van der Waals surface area (Å²) in [4.78, 5) is 18.4. The Kier molecular flexibility index (Phi) is 5.36. The van der Waals surface area contributed by atoms with Crippen LogP contribution < -0.4 is 15.8 Å². The van der Waals surface area contributed by atoms with Gasteiger partial charge in [0, 0.05) is 44.6 Å². The normalized spacial score (nSPS) is 28.2. The number of nitrogens with zero attached hydrogens (tertiary/aromatic N) is 3. The maximum Gasteiger partial charge on any atom is 0.391 e. The molecule has 2 heterocycles. The summed E-state index contributed by atoms with van der Waals surface area (Å²) in [5, 5.41) is 3.52. The van der Waals surface area contributed by atoms with Crippen LogP contribution in [0.1, 0.15) is 38.5 Å². The third-order valence-electron chi connectivity index (χ3n) is 5.38. The highest BCUT2D eigenvalue weighted by atomic mass is 19.4. The van der Waals surface area contributed by atoms with Crippen LogP contribution in [0.5, 0.6) is 0 Å². The van der Waals surface area contributed by atoms with E-state index in [-0.39, 0.29) is 30.5 Å². The average molecular weight is 358 g/mol. The highest BCUT2D eigenvalue weighted by Crippen LogP contribution is 2.37. The second-order valence-corrected chi connectivity index (χ2v) is 7.21. The topological polar surface area (TPSA) is 50.2 Å². The summed E-state index contributed by atoms with van der Waals surface area (Å²) < 4.78 is 39.8.